The zero-order valence-corrected chi connectivity index (χ0v) is 21.0. The van der Waals surface area contributed by atoms with Crippen LogP contribution in [0.25, 0.3) is 0 Å². The van der Waals surface area contributed by atoms with E-state index in [1.54, 1.807) is 18.8 Å². The highest BCUT2D eigenvalue weighted by Gasteiger charge is 2.25. The fourth-order valence-corrected chi connectivity index (χ4v) is 3.96. The minimum Gasteiger partial charge on any atom is -0.352 e. The maximum atomic E-state index is 12.2. The number of aryl methyl sites for hydroxylation is 1. The van der Waals surface area contributed by atoms with E-state index in [0.717, 1.165) is 36.5 Å². The molecule has 0 aliphatic heterocycles. The normalized spacial score (nSPS) is 13.8. The molecule has 0 spiro atoms. The smallest absolute Gasteiger partial charge is 0.227 e. The van der Waals surface area contributed by atoms with E-state index >= 15 is 0 Å². The minimum absolute atomic E-state index is 0. The predicted octanol–water partition coefficient (Wildman–Crippen LogP) is 4.94. The van der Waals surface area contributed by atoms with Crippen molar-refractivity contribution < 1.29 is 4.79 Å². The predicted molar refractivity (Wildman–Crippen MR) is 138 cm³/mol. The van der Waals surface area contributed by atoms with Gasteiger partial charge >= 0.3 is 0 Å². The van der Waals surface area contributed by atoms with Crippen LogP contribution in [0, 0.1) is 12.8 Å². The summed E-state index contributed by atoms with van der Waals surface area (Å²) in [7, 11) is 1.77. The summed E-state index contributed by atoms with van der Waals surface area (Å²) in [4.78, 5) is 17.8. The molecule has 1 aliphatic carbocycles. The van der Waals surface area contributed by atoms with E-state index in [1.807, 2.05) is 24.3 Å². The molecule has 0 unspecified atom stereocenters. The van der Waals surface area contributed by atoms with Gasteiger partial charge in [-0.15, -0.1) is 35.7 Å². The number of thioether (sulfide) groups is 1. The number of amides is 1. The van der Waals surface area contributed by atoms with E-state index in [1.165, 1.54) is 16.0 Å². The SMILES string of the molecule is CN=C(NCc1cccc(NC(=O)C2CCC2)c1)NCc1ccc(C)cc1SC.I. The standard InChI is InChI=1S/C23H30N4OS.HI/c1-16-10-11-19(21(12-16)29-3)15-26-23(24-2)25-14-17-6-4-9-20(13-17)27-22(28)18-7-5-8-18;/h4,6,9-13,18H,5,7-8,14-15H2,1-3H3,(H,27,28)(H2,24,25,26);1H. The fraction of sp³-hybridized carbons (Fsp3) is 0.391. The van der Waals surface area contributed by atoms with Gasteiger partial charge in [0.1, 0.15) is 0 Å². The van der Waals surface area contributed by atoms with Crippen molar-refractivity contribution in [3.05, 3.63) is 59.2 Å². The van der Waals surface area contributed by atoms with Crippen molar-refractivity contribution in [2.75, 3.05) is 18.6 Å². The van der Waals surface area contributed by atoms with E-state index in [0.29, 0.717) is 13.1 Å². The molecule has 1 aliphatic rings. The van der Waals surface area contributed by atoms with Crippen LogP contribution in [0.2, 0.25) is 0 Å². The molecular weight excluding hydrogens is 507 g/mol. The Bertz CT molecular complexity index is 883. The third-order valence-electron chi connectivity index (χ3n) is 5.24. The maximum Gasteiger partial charge on any atom is 0.227 e. The Kier molecular flexibility index (Phi) is 9.97. The lowest BCUT2D eigenvalue weighted by Gasteiger charge is -2.24. The van der Waals surface area contributed by atoms with E-state index in [2.05, 4.69) is 52.3 Å². The Hall–Kier alpha value is -1.74. The lowest BCUT2D eigenvalue weighted by atomic mass is 9.85. The van der Waals surface area contributed by atoms with Crippen molar-refractivity contribution in [2.45, 2.75) is 44.2 Å². The zero-order valence-electron chi connectivity index (χ0n) is 17.8. The minimum atomic E-state index is 0. The van der Waals surface area contributed by atoms with Crippen LogP contribution < -0.4 is 16.0 Å². The number of hydrogen-bond acceptors (Lipinski definition) is 3. The average molecular weight is 538 g/mol. The van der Waals surface area contributed by atoms with Crippen LogP contribution in [-0.2, 0) is 17.9 Å². The number of nitrogens with zero attached hydrogens (tertiary/aromatic N) is 1. The molecule has 162 valence electrons. The van der Waals surface area contributed by atoms with Gasteiger partial charge in [0.15, 0.2) is 5.96 Å². The van der Waals surface area contributed by atoms with Crippen LogP contribution in [0.5, 0.6) is 0 Å². The number of nitrogens with one attached hydrogen (secondary N) is 3. The molecule has 30 heavy (non-hydrogen) atoms. The van der Waals surface area contributed by atoms with E-state index in [4.69, 9.17) is 0 Å². The first kappa shape index (κ1) is 24.5. The number of guanidine groups is 1. The van der Waals surface area contributed by atoms with Gasteiger partial charge in [-0.2, -0.15) is 0 Å². The van der Waals surface area contributed by atoms with Crippen molar-refractivity contribution in [3.8, 4) is 0 Å². The molecule has 2 aromatic carbocycles. The molecule has 1 saturated carbocycles. The Morgan fingerprint density at radius 1 is 1.13 bits per heavy atom. The second-order valence-electron chi connectivity index (χ2n) is 7.41. The fourth-order valence-electron chi connectivity index (χ4n) is 3.26. The number of hydrogen-bond donors (Lipinski definition) is 3. The molecule has 3 N–H and O–H groups in total. The van der Waals surface area contributed by atoms with Crippen molar-refractivity contribution in [2.24, 2.45) is 10.9 Å². The van der Waals surface area contributed by atoms with Crippen molar-refractivity contribution in [1.29, 1.82) is 0 Å². The molecule has 0 saturated heterocycles. The molecule has 5 nitrogen and oxygen atoms in total. The van der Waals surface area contributed by atoms with Gasteiger partial charge < -0.3 is 16.0 Å². The molecular formula is C23H31IN4OS. The quantitative estimate of drug-likeness (QED) is 0.202. The van der Waals surface area contributed by atoms with Crippen molar-refractivity contribution in [1.82, 2.24) is 10.6 Å². The lowest BCUT2D eigenvalue weighted by Crippen LogP contribution is -2.36. The number of benzene rings is 2. The summed E-state index contributed by atoms with van der Waals surface area (Å²) in [5.41, 5.74) is 4.48. The molecule has 1 fully saturated rings. The molecule has 2 aromatic rings. The van der Waals surface area contributed by atoms with Crippen molar-refractivity contribution in [3.63, 3.8) is 0 Å². The molecule has 0 bridgehead atoms. The van der Waals surface area contributed by atoms with Crippen LogP contribution in [0.15, 0.2) is 52.4 Å². The highest BCUT2D eigenvalue weighted by Crippen LogP contribution is 2.27. The zero-order chi connectivity index (χ0) is 20.6. The summed E-state index contributed by atoms with van der Waals surface area (Å²) in [5, 5.41) is 9.77. The van der Waals surface area contributed by atoms with E-state index in [-0.39, 0.29) is 35.8 Å². The lowest BCUT2D eigenvalue weighted by molar-refractivity contribution is -0.122. The van der Waals surface area contributed by atoms with Crippen LogP contribution in [0.1, 0.15) is 36.0 Å². The van der Waals surface area contributed by atoms with Crippen LogP contribution in [-0.4, -0.2) is 25.2 Å². The molecule has 0 aromatic heterocycles. The monoisotopic (exact) mass is 538 g/mol. The Balaban J connectivity index is 0.00000320. The summed E-state index contributed by atoms with van der Waals surface area (Å²) in [6, 6.07) is 14.5. The first-order valence-electron chi connectivity index (χ1n) is 10.1. The number of anilines is 1. The number of aliphatic imine (C=N–C) groups is 1. The van der Waals surface area contributed by atoms with Crippen LogP contribution in [0.4, 0.5) is 5.69 Å². The molecule has 0 heterocycles. The number of carbonyl (C=O) groups excluding carboxylic acids is 1. The Labute approximate surface area is 200 Å². The van der Waals surface area contributed by atoms with Gasteiger partial charge in [-0.25, -0.2) is 0 Å². The van der Waals surface area contributed by atoms with Gasteiger partial charge in [0, 0.05) is 36.6 Å². The highest BCUT2D eigenvalue weighted by molar-refractivity contribution is 14.0. The summed E-state index contributed by atoms with van der Waals surface area (Å²) in [6.07, 6.45) is 5.28. The van der Waals surface area contributed by atoms with Gasteiger partial charge in [0.25, 0.3) is 0 Å². The van der Waals surface area contributed by atoms with Gasteiger partial charge in [-0.1, -0.05) is 30.7 Å². The van der Waals surface area contributed by atoms with E-state index < -0.39 is 0 Å². The summed E-state index contributed by atoms with van der Waals surface area (Å²) >= 11 is 1.76. The van der Waals surface area contributed by atoms with Gasteiger partial charge in [0.05, 0.1) is 0 Å². The molecule has 1 amide bonds. The molecule has 3 rings (SSSR count). The van der Waals surface area contributed by atoms with Gasteiger partial charge in [-0.3, -0.25) is 9.79 Å². The first-order chi connectivity index (χ1) is 14.1. The molecule has 0 radical (unpaired) electrons. The maximum absolute atomic E-state index is 12.2. The van der Waals surface area contributed by atoms with Gasteiger partial charge in [0.2, 0.25) is 5.91 Å². The van der Waals surface area contributed by atoms with E-state index in [9.17, 15) is 4.79 Å². The van der Waals surface area contributed by atoms with Crippen molar-refractivity contribution >= 4 is 53.3 Å². The second-order valence-corrected chi connectivity index (χ2v) is 8.26. The molecule has 7 heteroatoms. The topological polar surface area (TPSA) is 65.5 Å². The Morgan fingerprint density at radius 2 is 1.90 bits per heavy atom. The number of halogens is 1. The first-order valence-corrected chi connectivity index (χ1v) is 11.3. The Morgan fingerprint density at radius 3 is 2.57 bits per heavy atom. The van der Waals surface area contributed by atoms with Crippen LogP contribution in [0.3, 0.4) is 0 Å². The van der Waals surface area contributed by atoms with Gasteiger partial charge in [-0.05, 0) is 60.9 Å². The number of rotatable bonds is 7. The highest BCUT2D eigenvalue weighted by atomic mass is 127. The largest absolute Gasteiger partial charge is 0.352 e. The average Bonchev–Trinajstić information content (AvgIpc) is 2.67. The molecule has 0 atom stereocenters. The summed E-state index contributed by atoms with van der Waals surface area (Å²) in [5.74, 6) is 1.08. The third kappa shape index (κ3) is 6.91. The summed E-state index contributed by atoms with van der Waals surface area (Å²) < 4.78 is 0. The third-order valence-corrected chi connectivity index (χ3v) is 6.06. The summed E-state index contributed by atoms with van der Waals surface area (Å²) in [6.45, 7) is 3.46. The van der Waals surface area contributed by atoms with Crippen LogP contribution >= 0.6 is 35.7 Å². The number of carbonyl (C=O) groups is 1. The second kappa shape index (κ2) is 12.2.